The molecule has 0 fully saturated rings. The number of sulfonamides is 1. The highest BCUT2D eigenvalue weighted by molar-refractivity contribution is 7.92. The molecule has 0 aromatic heterocycles. The monoisotopic (exact) mass is 415 g/mol. The Hall–Kier alpha value is -3.39. The molecule has 0 atom stereocenters. The van der Waals surface area contributed by atoms with Gasteiger partial charge >= 0.3 is 5.97 Å². The van der Waals surface area contributed by atoms with Crippen molar-refractivity contribution in [2.45, 2.75) is 4.90 Å². The zero-order valence-corrected chi connectivity index (χ0v) is 16.5. The predicted molar refractivity (Wildman–Crippen MR) is 106 cm³/mol. The van der Waals surface area contributed by atoms with Crippen LogP contribution in [0.1, 0.15) is 10.4 Å². The summed E-state index contributed by atoms with van der Waals surface area (Å²) < 4.78 is 50.2. The van der Waals surface area contributed by atoms with Gasteiger partial charge in [-0.25, -0.2) is 17.6 Å². The first-order valence-electron chi connectivity index (χ1n) is 8.52. The largest absolute Gasteiger partial charge is 0.497 e. The van der Waals surface area contributed by atoms with Crippen LogP contribution in [0.5, 0.6) is 11.5 Å². The molecule has 0 bridgehead atoms. The van der Waals surface area contributed by atoms with Crippen LogP contribution in [0.3, 0.4) is 0 Å². The molecule has 6 nitrogen and oxygen atoms in total. The van der Waals surface area contributed by atoms with E-state index in [2.05, 4.69) is 0 Å². The molecule has 0 N–H and O–H groups in total. The maximum Gasteiger partial charge on any atom is 0.343 e. The van der Waals surface area contributed by atoms with Gasteiger partial charge in [-0.15, -0.1) is 0 Å². The summed E-state index contributed by atoms with van der Waals surface area (Å²) in [5.41, 5.74) is 0.489. The molecule has 0 aliphatic rings. The van der Waals surface area contributed by atoms with Crippen molar-refractivity contribution in [1.29, 1.82) is 0 Å². The smallest absolute Gasteiger partial charge is 0.343 e. The topological polar surface area (TPSA) is 72.9 Å². The van der Waals surface area contributed by atoms with E-state index in [9.17, 15) is 17.6 Å². The van der Waals surface area contributed by atoms with Gasteiger partial charge in [0.2, 0.25) is 0 Å². The van der Waals surface area contributed by atoms with Gasteiger partial charge in [-0.05, 0) is 66.7 Å². The average Bonchev–Trinajstić information content (AvgIpc) is 2.75. The number of carbonyl (C=O) groups excluding carboxylic acids is 1. The molecule has 0 saturated carbocycles. The Morgan fingerprint density at radius 2 is 1.55 bits per heavy atom. The molecule has 3 rings (SSSR count). The molecule has 8 heteroatoms. The Kier molecular flexibility index (Phi) is 5.84. The molecule has 29 heavy (non-hydrogen) atoms. The van der Waals surface area contributed by atoms with E-state index in [1.165, 1.54) is 50.6 Å². The van der Waals surface area contributed by atoms with E-state index in [1.54, 1.807) is 24.3 Å². The molecule has 0 amide bonds. The molecule has 0 aliphatic carbocycles. The van der Waals surface area contributed by atoms with Crippen molar-refractivity contribution in [2.75, 3.05) is 18.5 Å². The third-order valence-corrected chi connectivity index (χ3v) is 5.97. The highest BCUT2D eigenvalue weighted by Crippen LogP contribution is 2.25. The summed E-state index contributed by atoms with van der Waals surface area (Å²) in [7, 11) is -0.974. The van der Waals surface area contributed by atoms with Crippen LogP contribution in [0, 0.1) is 5.82 Å². The van der Waals surface area contributed by atoms with Gasteiger partial charge in [0.25, 0.3) is 10.0 Å². The maximum atomic E-state index is 13.0. The van der Waals surface area contributed by atoms with Gasteiger partial charge in [-0.3, -0.25) is 4.31 Å². The van der Waals surface area contributed by atoms with Gasteiger partial charge in [0, 0.05) is 7.05 Å². The van der Waals surface area contributed by atoms with Gasteiger partial charge in [0.15, 0.2) is 0 Å². The summed E-state index contributed by atoms with van der Waals surface area (Å²) in [6, 6.07) is 17.0. The van der Waals surface area contributed by atoms with Crippen LogP contribution in [0.25, 0.3) is 0 Å². The van der Waals surface area contributed by atoms with Gasteiger partial charge in [0.1, 0.15) is 17.3 Å². The van der Waals surface area contributed by atoms with Crippen molar-refractivity contribution < 1.29 is 27.1 Å². The van der Waals surface area contributed by atoms with E-state index in [-0.39, 0.29) is 16.2 Å². The highest BCUT2D eigenvalue weighted by atomic mass is 32.2. The fourth-order valence-corrected chi connectivity index (χ4v) is 3.78. The van der Waals surface area contributed by atoms with Crippen LogP contribution in [0.15, 0.2) is 77.7 Å². The minimum absolute atomic E-state index is 0.0542. The van der Waals surface area contributed by atoms with Crippen LogP contribution in [-0.2, 0) is 10.0 Å². The quantitative estimate of drug-likeness (QED) is 0.451. The minimum atomic E-state index is -3.91. The lowest BCUT2D eigenvalue weighted by Gasteiger charge is -2.20. The predicted octanol–water partition coefficient (Wildman–Crippen LogP) is 3.88. The van der Waals surface area contributed by atoms with Crippen molar-refractivity contribution in [3.8, 4) is 11.5 Å². The van der Waals surface area contributed by atoms with Crippen molar-refractivity contribution in [1.82, 2.24) is 0 Å². The van der Waals surface area contributed by atoms with E-state index < -0.39 is 21.8 Å². The van der Waals surface area contributed by atoms with Crippen molar-refractivity contribution in [3.05, 3.63) is 84.2 Å². The summed E-state index contributed by atoms with van der Waals surface area (Å²) >= 11 is 0. The zero-order valence-electron chi connectivity index (χ0n) is 15.7. The average molecular weight is 415 g/mol. The van der Waals surface area contributed by atoms with E-state index in [4.69, 9.17) is 9.47 Å². The number of halogens is 1. The number of rotatable bonds is 6. The molecule has 0 spiro atoms. The number of carbonyl (C=O) groups is 1. The third-order valence-electron chi connectivity index (χ3n) is 4.19. The highest BCUT2D eigenvalue weighted by Gasteiger charge is 2.23. The van der Waals surface area contributed by atoms with Crippen LogP contribution in [0.4, 0.5) is 10.1 Å². The molecular formula is C21H18FNO5S. The van der Waals surface area contributed by atoms with Crippen molar-refractivity contribution in [2.24, 2.45) is 0 Å². The van der Waals surface area contributed by atoms with E-state index >= 15 is 0 Å². The second-order valence-electron chi connectivity index (χ2n) is 6.04. The molecule has 0 saturated heterocycles. The summed E-state index contributed by atoms with van der Waals surface area (Å²) in [6.07, 6.45) is 0. The summed E-state index contributed by atoms with van der Waals surface area (Å²) in [4.78, 5) is 12.3. The molecule has 150 valence electrons. The van der Waals surface area contributed by atoms with Gasteiger partial charge in [0.05, 0.1) is 23.3 Å². The standard InChI is InChI=1S/C21H18FNO5S/c1-23(17-8-12-18(27-2)13-9-17)29(25,26)20-5-3-4-15(14-20)21(24)28-19-10-6-16(22)7-11-19/h3-14H,1-2H3. The Morgan fingerprint density at radius 1 is 0.931 bits per heavy atom. The summed E-state index contributed by atoms with van der Waals surface area (Å²) in [6.45, 7) is 0. The minimum Gasteiger partial charge on any atom is -0.497 e. The number of benzene rings is 3. The van der Waals surface area contributed by atoms with Crippen LogP contribution in [0.2, 0.25) is 0 Å². The number of ether oxygens (including phenoxy) is 2. The zero-order chi connectivity index (χ0) is 21.0. The molecule has 3 aromatic rings. The number of hydrogen-bond acceptors (Lipinski definition) is 5. The lowest BCUT2D eigenvalue weighted by molar-refractivity contribution is 0.0734. The van der Waals surface area contributed by atoms with Crippen LogP contribution in [-0.4, -0.2) is 28.5 Å². The Bertz CT molecular complexity index is 1110. The summed E-state index contributed by atoms with van der Waals surface area (Å²) in [5, 5.41) is 0. The molecule has 0 unspecified atom stereocenters. The normalized spacial score (nSPS) is 11.0. The Labute approximate surface area is 168 Å². The van der Waals surface area contributed by atoms with Crippen molar-refractivity contribution >= 4 is 21.7 Å². The maximum absolute atomic E-state index is 13.0. The van der Waals surface area contributed by atoms with E-state index in [0.29, 0.717) is 11.4 Å². The molecule has 0 radical (unpaired) electrons. The van der Waals surface area contributed by atoms with E-state index in [1.807, 2.05) is 0 Å². The first-order chi connectivity index (χ1) is 13.8. The molecular weight excluding hydrogens is 397 g/mol. The first kappa shape index (κ1) is 20.3. The van der Waals surface area contributed by atoms with Crippen LogP contribution < -0.4 is 13.8 Å². The second-order valence-corrected chi connectivity index (χ2v) is 8.01. The Morgan fingerprint density at radius 3 is 2.17 bits per heavy atom. The first-order valence-corrected chi connectivity index (χ1v) is 9.96. The fourth-order valence-electron chi connectivity index (χ4n) is 2.54. The van der Waals surface area contributed by atoms with Gasteiger partial charge in [-0.2, -0.15) is 0 Å². The number of anilines is 1. The van der Waals surface area contributed by atoms with Gasteiger partial charge < -0.3 is 9.47 Å². The van der Waals surface area contributed by atoms with Crippen molar-refractivity contribution in [3.63, 3.8) is 0 Å². The SMILES string of the molecule is COc1ccc(N(C)S(=O)(=O)c2cccc(C(=O)Oc3ccc(F)cc3)c2)cc1. The number of nitrogens with zero attached hydrogens (tertiary/aromatic N) is 1. The molecule has 0 heterocycles. The summed E-state index contributed by atoms with van der Waals surface area (Å²) in [5.74, 6) is -0.453. The Balaban J connectivity index is 1.84. The van der Waals surface area contributed by atoms with E-state index in [0.717, 1.165) is 16.4 Å². The van der Waals surface area contributed by atoms with Gasteiger partial charge in [-0.1, -0.05) is 6.07 Å². The lowest BCUT2D eigenvalue weighted by atomic mass is 10.2. The fraction of sp³-hybridized carbons (Fsp3) is 0.0952. The molecule has 3 aromatic carbocycles. The second kappa shape index (κ2) is 8.32. The lowest BCUT2D eigenvalue weighted by Crippen LogP contribution is -2.26. The number of hydrogen-bond donors (Lipinski definition) is 0. The third kappa shape index (κ3) is 4.55. The number of methoxy groups -OCH3 is 1. The number of esters is 1. The molecule has 0 aliphatic heterocycles. The van der Waals surface area contributed by atoms with Crippen LogP contribution >= 0.6 is 0 Å².